The number of piperidine rings is 1. The number of alkyl carbamates (subject to hydrolysis) is 1. The van der Waals surface area contributed by atoms with Gasteiger partial charge in [-0.25, -0.2) is 9.18 Å². The van der Waals surface area contributed by atoms with Gasteiger partial charge in [-0.15, -0.1) is 0 Å². The van der Waals surface area contributed by atoms with Crippen molar-refractivity contribution in [2.45, 2.75) is 45.3 Å². The second-order valence-electron chi connectivity index (χ2n) is 6.80. The number of hydrogen-bond acceptors (Lipinski definition) is 3. The third-order valence-electron chi connectivity index (χ3n) is 3.75. The minimum Gasteiger partial charge on any atom is -0.444 e. The summed E-state index contributed by atoms with van der Waals surface area (Å²) in [6, 6.07) is 6.80. The topological polar surface area (TPSA) is 50.4 Å². The summed E-state index contributed by atoms with van der Waals surface area (Å²) in [7, 11) is 0. The maximum absolute atomic E-state index is 13.8. The van der Waals surface area contributed by atoms with Crippen LogP contribution in [0.3, 0.4) is 0 Å². The fourth-order valence-electron chi connectivity index (χ4n) is 2.73. The molecule has 2 N–H and O–H groups in total. The molecule has 0 spiro atoms. The Kier molecular flexibility index (Phi) is 5.40. The molecular formula is C17H25FN2O2. The molecule has 2 rings (SSSR count). The van der Waals surface area contributed by atoms with Crippen LogP contribution in [0.4, 0.5) is 9.18 Å². The van der Waals surface area contributed by atoms with Gasteiger partial charge >= 0.3 is 6.09 Å². The van der Waals surface area contributed by atoms with Gasteiger partial charge in [0.2, 0.25) is 0 Å². The first-order chi connectivity index (χ1) is 10.3. The fourth-order valence-corrected chi connectivity index (χ4v) is 2.73. The van der Waals surface area contributed by atoms with Crippen molar-refractivity contribution in [1.29, 1.82) is 0 Å². The Bertz CT molecular complexity index is 514. The van der Waals surface area contributed by atoms with Crippen molar-refractivity contribution < 1.29 is 13.9 Å². The van der Waals surface area contributed by atoms with Gasteiger partial charge in [0.05, 0.1) is 0 Å². The lowest BCUT2D eigenvalue weighted by Crippen LogP contribution is -2.51. The molecule has 2 atom stereocenters. The lowest BCUT2D eigenvalue weighted by molar-refractivity contribution is 0.0473. The molecule has 0 aromatic heterocycles. The van der Waals surface area contributed by atoms with Crippen LogP contribution in [0.15, 0.2) is 24.3 Å². The van der Waals surface area contributed by atoms with Crippen LogP contribution in [0.1, 0.15) is 32.8 Å². The molecule has 5 heteroatoms. The van der Waals surface area contributed by atoms with Gasteiger partial charge < -0.3 is 15.4 Å². The molecule has 1 aliphatic heterocycles. The molecule has 0 radical (unpaired) electrons. The minimum atomic E-state index is -0.516. The average molecular weight is 308 g/mol. The van der Waals surface area contributed by atoms with Crippen LogP contribution in [-0.4, -0.2) is 30.8 Å². The highest BCUT2D eigenvalue weighted by atomic mass is 19.1. The van der Waals surface area contributed by atoms with E-state index in [-0.39, 0.29) is 17.8 Å². The molecular weight excluding hydrogens is 283 g/mol. The van der Waals surface area contributed by atoms with Crippen LogP contribution in [0.2, 0.25) is 0 Å². The van der Waals surface area contributed by atoms with Gasteiger partial charge in [-0.2, -0.15) is 0 Å². The molecule has 0 saturated carbocycles. The molecule has 1 saturated heterocycles. The number of amides is 1. The van der Waals surface area contributed by atoms with E-state index < -0.39 is 11.7 Å². The highest BCUT2D eigenvalue weighted by molar-refractivity contribution is 5.68. The van der Waals surface area contributed by atoms with E-state index in [4.69, 9.17) is 4.74 Å². The Morgan fingerprint density at radius 2 is 2.14 bits per heavy atom. The molecule has 1 amide bonds. The molecule has 122 valence electrons. The Labute approximate surface area is 131 Å². The zero-order valence-corrected chi connectivity index (χ0v) is 13.5. The van der Waals surface area contributed by atoms with Crippen molar-refractivity contribution in [1.82, 2.24) is 10.6 Å². The second-order valence-corrected chi connectivity index (χ2v) is 6.80. The molecule has 1 aromatic carbocycles. The van der Waals surface area contributed by atoms with Crippen LogP contribution in [-0.2, 0) is 11.2 Å². The van der Waals surface area contributed by atoms with E-state index in [0.29, 0.717) is 12.0 Å². The maximum atomic E-state index is 13.8. The van der Waals surface area contributed by atoms with E-state index in [1.165, 1.54) is 6.07 Å². The number of nitrogens with one attached hydrogen (secondary N) is 2. The number of benzene rings is 1. The largest absolute Gasteiger partial charge is 0.444 e. The lowest BCUT2D eigenvalue weighted by Gasteiger charge is -2.33. The van der Waals surface area contributed by atoms with E-state index in [0.717, 1.165) is 19.5 Å². The van der Waals surface area contributed by atoms with Gasteiger partial charge in [0, 0.05) is 12.6 Å². The van der Waals surface area contributed by atoms with Crippen molar-refractivity contribution in [3.63, 3.8) is 0 Å². The van der Waals surface area contributed by atoms with Crippen molar-refractivity contribution >= 4 is 6.09 Å². The van der Waals surface area contributed by atoms with Crippen molar-refractivity contribution in [3.8, 4) is 0 Å². The molecule has 1 aromatic rings. The summed E-state index contributed by atoms with van der Waals surface area (Å²) < 4.78 is 19.1. The Morgan fingerprint density at radius 3 is 2.82 bits per heavy atom. The monoisotopic (exact) mass is 308 g/mol. The van der Waals surface area contributed by atoms with Gasteiger partial charge in [0.1, 0.15) is 11.4 Å². The van der Waals surface area contributed by atoms with Gasteiger partial charge in [-0.1, -0.05) is 18.2 Å². The van der Waals surface area contributed by atoms with Crippen LogP contribution in [0.25, 0.3) is 0 Å². The standard InChI is InChI=1S/C17H25FN2O2/c1-17(2,3)22-16(21)20-15-8-9-19-11-13(15)10-12-6-4-5-7-14(12)18/h4-7,13,15,19H,8-11H2,1-3H3,(H,20,21)/t13-,15+/m0/s1. The summed E-state index contributed by atoms with van der Waals surface area (Å²) in [5, 5.41) is 6.25. The highest BCUT2D eigenvalue weighted by Crippen LogP contribution is 2.20. The zero-order chi connectivity index (χ0) is 16.2. The lowest BCUT2D eigenvalue weighted by atomic mass is 9.87. The van der Waals surface area contributed by atoms with Crippen LogP contribution >= 0.6 is 0 Å². The average Bonchev–Trinajstić information content (AvgIpc) is 2.41. The Balaban J connectivity index is 1.99. The Hall–Kier alpha value is -1.62. The first-order valence-corrected chi connectivity index (χ1v) is 7.79. The molecule has 4 nitrogen and oxygen atoms in total. The minimum absolute atomic E-state index is 0.00398. The fraction of sp³-hybridized carbons (Fsp3) is 0.588. The third kappa shape index (κ3) is 4.98. The SMILES string of the molecule is CC(C)(C)OC(=O)N[C@@H]1CCNC[C@@H]1Cc1ccccc1F. The van der Waals surface area contributed by atoms with Gasteiger partial charge in [-0.05, 0) is 57.7 Å². The van der Waals surface area contributed by atoms with Gasteiger partial charge in [0.15, 0.2) is 0 Å². The molecule has 1 heterocycles. The number of ether oxygens (including phenoxy) is 1. The number of carbonyl (C=O) groups is 1. The van der Waals surface area contributed by atoms with Gasteiger partial charge in [0.25, 0.3) is 0 Å². The predicted octanol–water partition coefficient (Wildman–Crippen LogP) is 2.87. The summed E-state index contributed by atoms with van der Waals surface area (Å²) in [6.45, 7) is 7.12. The molecule has 0 aliphatic carbocycles. The second kappa shape index (κ2) is 7.09. The quantitative estimate of drug-likeness (QED) is 0.903. The first kappa shape index (κ1) is 16.7. The summed E-state index contributed by atoms with van der Waals surface area (Å²) in [4.78, 5) is 12.0. The molecule has 0 bridgehead atoms. The van der Waals surface area contributed by atoms with Crippen molar-refractivity contribution in [2.75, 3.05) is 13.1 Å². The first-order valence-electron chi connectivity index (χ1n) is 7.79. The molecule has 0 unspecified atom stereocenters. The predicted molar refractivity (Wildman–Crippen MR) is 84.2 cm³/mol. The number of carbonyl (C=O) groups excluding carboxylic acids is 1. The van der Waals surface area contributed by atoms with E-state index in [9.17, 15) is 9.18 Å². The number of hydrogen-bond donors (Lipinski definition) is 2. The molecule has 1 fully saturated rings. The smallest absolute Gasteiger partial charge is 0.407 e. The highest BCUT2D eigenvalue weighted by Gasteiger charge is 2.28. The van der Waals surface area contributed by atoms with Crippen molar-refractivity contribution in [3.05, 3.63) is 35.6 Å². The van der Waals surface area contributed by atoms with Crippen LogP contribution < -0.4 is 10.6 Å². The summed E-state index contributed by atoms with van der Waals surface area (Å²) >= 11 is 0. The normalized spacial score (nSPS) is 22.2. The third-order valence-corrected chi connectivity index (χ3v) is 3.75. The summed E-state index contributed by atoms with van der Waals surface area (Å²) in [5.74, 6) is -0.0396. The molecule has 22 heavy (non-hydrogen) atoms. The van der Waals surface area contributed by atoms with Gasteiger partial charge in [-0.3, -0.25) is 0 Å². The number of rotatable bonds is 3. The number of halogens is 1. The summed E-state index contributed by atoms with van der Waals surface area (Å²) in [5.41, 5.74) is 0.171. The zero-order valence-electron chi connectivity index (χ0n) is 13.5. The van der Waals surface area contributed by atoms with Crippen LogP contribution in [0, 0.1) is 11.7 Å². The maximum Gasteiger partial charge on any atom is 0.407 e. The van der Waals surface area contributed by atoms with E-state index in [1.54, 1.807) is 12.1 Å². The van der Waals surface area contributed by atoms with Crippen molar-refractivity contribution in [2.24, 2.45) is 5.92 Å². The molecule has 1 aliphatic rings. The van der Waals surface area contributed by atoms with E-state index >= 15 is 0 Å². The van der Waals surface area contributed by atoms with E-state index in [1.807, 2.05) is 26.8 Å². The summed E-state index contributed by atoms with van der Waals surface area (Å²) in [6.07, 6.45) is 1.01. The van der Waals surface area contributed by atoms with Crippen LogP contribution in [0.5, 0.6) is 0 Å². The Morgan fingerprint density at radius 1 is 1.41 bits per heavy atom. The van der Waals surface area contributed by atoms with E-state index in [2.05, 4.69) is 10.6 Å².